The fourth-order valence-corrected chi connectivity index (χ4v) is 10.6. The van der Waals surface area contributed by atoms with E-state index in [2.05, 4.69) is 108 Å². The molecular formula is C42H30NOP. The Morgan fingerprint density at radius 2 is 0.978 bits per heavy atom. The number of nitrogens with one attached hydrogen (secondary N) is 1. The normalized spacial score (nSPS) is 16.7. The fraction of sp³-hybridized carbons (Fsp3) is 0.0476. The Morgan fingerprint density at radius 3 is 1.51 bits per heavy atom. The van der Waals surface area contributed by atoms with Gasteiger partial charge in [0.2, 0.25) is 0 Å². The van der Waals surface area contributed by atoms with Gasteiger partial charge in [-0.1, -0.05) is 164 Å². The predicted molar refractivity (Wildman–Crippen MR) is 186 cm³/mol. The summed E-state index contributed by atoms with van der Waals surface area (Å²) >= 11 is 0. The first kappa shape index (κ1) is 26.3. The van der Waals surface area contributed by atoms with E-state index in [0.29, 0.717) is 0 Å². The van der Waals surface area contributed by atoms with Crippen molar-refractivity contribution in [3.05, 3.63) is 203 Å². The standard InChI is InChI=1S/C42H30NOP/c44-45(30-14-3-1-4-15-30,31-16-5-2-6-17-31)41-25-13-24-40(43-41)29-26-27-35-34-20-9-12-23-38(34)42(39(35)28-29)36-21-10-7-18-32(36)33-19-8-11-22-37(33)42/h1-28,40,43H. The van der Waals surface area contributed by atoms with Gasteiger partial charge in [0.1, 0.15) is 0 Å². The minimum atomic E-state index is -3.14. The van der Waals surface area contributed by atoms with Gasteiger partial charge in [-0.05, 0) is 56.1 Å². The second-order valence-electron chi connectivity index (χ2n) is 12.0. The van der Waals surface area contributed by atoms with E-state index in [0.717, 1.165) is 21.6 Å². The highest BCUT2D eigenvalue weighted by Gasteiger charge is 2.51. The lowest BCUT2D eigenvalue weighted by Crippen LogP contribution is -2.29. The highest BCUT2D eigenvalue weighted by atomic mass is 31.2. The van der Waals surface area contributed by atoms with Crippen LogP contribution in [-0.4, -0.2) is 0 Å². The van der Waals surface area contributed by atoms with Gasteiger partial charge in [0.05, 0.1) is 16.9 Å². The molecule has 1 N–H and O–H groups in total. The molecule has 1 unspecified atom stereocenters. The molecule has 0 amide bonds. The number of rotatable bonds is 4. The molecule has 0 saturated carbocycles. The average Bonchev–Trinajstić information content (AvgIpc) is 3.59. The molecule has 0 fully saturated rings. The van der Waals surface area contributed by atoms with Crippen LogP contribution in [-0.2, 0) is 9.98 Å². The van der Waals surface area contributed by atoms with Gasteiger partial charge in [-0.2, -0.15) is 0 Å². The Labute approximate surface area is 263 Å². The van der Waals surface area contributed by atoms with Crippen LogP contribution in [0.2, 0.25) is 0 Å². The highest BCUT2D eigenvalue weighted by Crippen LogP contribution is 2.63. The molecule has 45 heavy (non-hydrogen) atoms. The van der Waals surface area contributed by atoms with Crippen molar-refractivity contribution in [2.75, 3.05) is 0 Å². The van der Waals surface area contributed by atoms with Crippen molar-refractivity contribution >= 4 is 17.8 Å². The van der Waals surface area contributed by atoms with Gasteiger partial charge in [0, 0.05) is 10.6 Å². The van der Waals surface area contributed by atoms with E-state index in [4.69, 9.17) is 0 Å². The summed E-state index contributed by atoms with van der Waals surface area (Å²) < 4.78 is 15.2. The van der Waals surface area contributed by atoms with E-state index in [9.17, 15) is 0 Å². The SMILES string of the molecule is O=P(C1=CC=CC(c2ccc3c(c2)C2(c4ccccc4-c4ccccc42)c2ccccc2-3)N1)(c1ccccc1)c1ccccc1. The third-order valence-corrected chi connectivity index (χ3v) is 12.8. The topological polar surface area (TPSA) is 29.1 Å². The first-order valence-electron chi connectivity index (χ1n) is 15.5. The molecule has 1 heterocycles. The zero-order valence-electron chi connectivity index (χ0n) is 24.6. The Morgan fingerprint density at radius 1 is 0.511 bits per heavy atom. The summed E-state index contributed by atoms with van der Waals surface area (Å²) in [5, 5.41) is 5.40. The van der Waals surface area contributed by atoms with Crippen molar-refractivity contribution in [1.82, 2.24) is 5.32 Å². The maximum Gasteiger partial charge on any atom is 0.186 e. The maximum atomic E-state index is 15.2. The lowest BCUT2D eigenvalue weighted by Gasteiger charge is -2.32. The van der Waals surface area contributed by atoms with Crippen molar-refractivity contribution in [1.29, 1.82) is 0 Å². The van der Waals surface area contributed by atoms with Gasteiger partial charge in [0.25, 0.3) is 0 Å². The molecule has 1 spiro atoms. The molecule has 3 heteroatoms. The number of benzene rings is 6. The lowest BCUT2D eigenvalue weighted by molar-refractivity contribution is 0.585. The molecule has 0 radical (unpaired) electrons. The quantitative estimate of drug-likeness (QED) is 0.206. The van der Waals surface area contributed by atoms with Crippen molar-refractivity contribution in [2.24, 2.45) is 0 Å². The van der Waals surface area contributed by atoms with Crippen LogP contribution in [0, 0.1) is 0 Å². The summed E-state index contributed by atoms with van der Waals surface area (Å²) in [7, 11) is -3.14. The molecule has 2 nitrogen and oxygen atoms in total. The molecule has 1 atom stereocenters. The van der Waals surface area contributed by atoms with Gasteiger partial charge < -0.3 is 9.88 Å². The smallest absolute Gasteiger partial charge is 0.186 e. The van der Waals surface area contributed by atoms with E-state index in [-0.39, 0.29) is 6.04 Å². The van der Waals surface area contributed by atoms with Crippen LogP contribution in [0.1, 0.15) is 33.9 Å². The number of hydrogen-bond donors (Lipinski definition) is 1. The predicted octanol–water partition coefficient (Wildman–Crippen LogP) is 9.09. The lowest BCUT2D eigenvalue weighted by atomic mass is 9.70. The molecule has 0 saturated heterocycles. The summed E-state index contributed by atoms with van der Waals surface area (Å²) in [6.45, 7) is 0. The zero-order valence-corrected chi connectivity index (χ0v) is 25.5. The average molecular weight is 596 g/mol. The summed E-state index contributed by atoms with van der Waals surface area (Å²) in [4.78, 5) is 0. The fourth-order valence-electron chi connectivity index (χ4n) is 7.91. The van der Waals surface area contributed by atoms with Crippen LogP contribution in [0.5, 0.6) is 0 Å². The molecule has 0 bridgehead atoms. The Kier molecular flexibility index (Phi) is 5.79. The van der Waals surface area contributed by atoms with Gasteiger partial charge in [-0.15, -0.1) is 0 Å². The Bertz CT molecular complexity index is 2120. The summed E-state index contributed by atoms with van der Waals surface area (Å²) in [5.74, 6) is 0. The number of allylic oxidation sites excluding steroid dienone is 2. The van der Waals surface area contributed by atoms with E-state index in [1.807, 2.05) is 66.7 Å². The number of fused-ring (bicyclic) bond motifs is 10. The largest absolute Gasteiger partial charge is 0.371 e. The minimum Gasteiger partial charge on any atom is -0.371 e. The minimum absolute atomic E-state index is 0.135. The van der Waals surface area contributed by atoms with Gasteiger partial charge in [0.15, 0.2) is 7.14 Å². The van der Waals surface area contributed by atoms with Crippen LogP contribution >= 0.6 is 7.14 Å². The van der Waals surface area contributed by atoms with Crippen LogP contribution in [0.25, 0.3) is 22.3 Å². The molecule has 3 aliphatic rings. The van der Waals surface area contributed by atoms with Crippen LogP contribution in [0.3, 0.4) is 0 Å². The first-order valence-corrected chi connectivity index (χ1v) is 17.2. The number of hydrogen-bond acceptors (Lipinski definition) is 2. The van der Waals surface area contributed by atoms with E-state index >= 15 is 4.57 Å². The molecule has 0 aromatic heterocycles. The second kappa shape index (κ2) is 9.92. The van der Waals surface area contributed by atoms with Gasteiger partial charge in [-0.3, -0.25) is 0 Å². The summed E-state index contributed by atoms with van der Waals surface area (Å²) in [6, 6.07) is 53.2. The molecule has 9 rings (SSSR count). The molecule has 214 valence electrons. The second-order valence-corrected chi connectivity index (χ2v) is 14.8. The van der Waals surface area contributed by atoms with Gasteiger partial charge in [-0.25, -0.2) is 0 Å². The molecule has 6 aromatic rings. The third-order valence-electron chi connectivity index (χ3n) is 9.82. The van der Waals surface area contributed by atoms with E-state index in [1.165, 1.54) is 44.5 Å². The molecule has 2 aliphatic carbocycles. The number of dihydropyridines is 1. The Hall–Kier alpha value is -5.17. The molecular weight excluding hydrogens is 565 g/mol. The van der Waals surface area contributed by atoms with Gasteiger partial charge >= 0.3 is 0 Å². The summed E-state index contributed by atoms with van der Waals surface area (Å²) in [5.41, 5.74) is 12.0. The highest BCUT2D eigenvalue weighted by molar-refractivity contribution is 7.82. The third kappa shape index (κ3) is 3.61. The van der Waals surface area contributed by atoms with Crippen molar-refractivity contribution in [3.63, 3.8) is 0 Å². The van der Waals surface area contributed by atoms with E-state index < -0.39 is 12.6 Å². The van der Waals surface area contributed by atoms with Crippen molar-refractivity contribution in [3.8, 4) is 22.3 Å². The van der Waals surface area contributed by atoms with Crippen LogP contribution in [0.15, 0.2) is 175 Å². The first-order chi connectivity index (χ1) is 22.2. The maximum absolute atomic E-state index is 15.2. The zero-order chi connectivity index (χ0) is 30.0. The Balaban J connectivity index is 1.20. The summed E-state index contributed by atoms with van der Waals surface area (Å²) in [6.07, 6.45) is 6.23. The molecule has 6 aromatic carbocycles. The van der Waals surface area contributed by atoms with Crippen molar-refractivity contribution < 1.29 is 4.57 Å². The van der Waals surface area contributed by atoms with Crippen molar-refractivity contribution in [2.45, 2.75) is 11.5 Å². The van der Waals surface area contributed by atoms with Crippen LogP contribution in [0.4, 0.5) is 0 Å². The molecule has 1 aliphatic heterocycles. The van der Waals surface area contributed by atoms with Crippen LogP contribution < -0.4 is 15.9 Å². The monoisotopic (exact) mass is 595 g/mol. The van der Waals surface area contributed by atoms with E-state index in [1.54, 1.807) is 0 Å².